The van der Waals surface area contributed by atoms with Gasteiger partial charge in [-0.05, 0) is 124 Å². The van der Waals surface area contributed by atoms with Crippen LogP contribution in [0.4, 0.5) is 0 Å². The molecule has 0 spiro atoms. The Bertz CT molecular complexity index is 4240. The molecule has 75 heavy (non-hydrogen) atoms. The molecule has 364 valence electrons. The van der Waals surface area contributed by atoms with E-state index in [0.29, 0.717) is 5.92 Å². The number of fused-ring (bicyclic) bond motifs is 9. The van der Waals surface area contributed by atoms with Crippen LogP contribution in [-0.4, -0.2) is 10.3 Å². The van der Waals surface area contributed by atoms with Crippen LogP contribution < -0.4 is 0 Å². The normalized spacial score (nSPS) is 13.8. The van der Waals surface area contributed by atoms with Gasteiger partial charge in [-0.2, -0.15) is 0 Å². The maximum Gasteiger partial charge on any atom is 0.160 e. The van der Waals surface area contributed by atoms with Crippen LogP contribution in [0.3, 0.4) is 0 Å². The number of rotatable bonds is 13. The molecule has 4 atom stereocenters. The standard InChI is InChI=1S/C71H58N2O2/c1-5-45(2)68(52-24-13-8-14-25-52)72-69(53-35-33-51(34-36-53)49-20-9-6-10-21-49)47(4)46(3)42-48-32-41-65-61(43-48)67-57(28-19-31-66(67)74-65)58-38-39-59-56-27-16-18-30-64(56)75-71(59)70(58)73-62-29-17-15-26-55(62)60-44-54(37-40-63(60)73)50-22-11-7-12-23-50/h6-41,43-47,69H,5,42H2,1-4H3. The summed E-state index contributed by atoms with van der Waals surface area (Å²) in [5, 5.41) is 6.77. The molecule has 0 saturated carbocycles. The minimum absolute atomic E-state index is 0.0449. The number of nitrogens with zero attached hydrogens (tertiary/aromatic N) is 2. The fraction of sp³-hybridized carbons (Fsp3) is 0.141. The minimum Gasteiger partial charge on any atom is -0.456 e. The van der Waals surface area contributed by atoms with E-state index in [9.17, 15) is 0 Å². The van der Waals surface area contributed by atoms with Crippen LogP contribution in [0.25, 0.3) is 105 Å². The van der Waals surface area contributed by atoms with Crippen molar-refractivity contribution < 1.29 is 8.83 Å². The minimum atomic E-state index is -0.0449. The number of hydrogen-bond acceptors (Lipinski definition) is 3. The SMILES string of the molecule is CCC(C)C(=NC(c1ccc(-c2ccccc2)cc1)C(C)C(C)Cc1ccc2oc3cccc(-c4ccc5c(oc6ccccc65)c4-n4c5ccccc5c5cc(-c6ccccc6)ccc54)c3c2c1)c1ccccc1. The van der Waals surface area contributed by atoms with Crippen molar-refractivity contribution in [2.45, 2.75) is 46.6 Å². The molecular weight excluding hydrogens is 913 g/mol. The summed E-state index contributed by atoms with van der Waals surface area (Å²) in [6.45, 7) is 9.39. The topological polar surface area (TPSA) is 43.6 Å². The first kappa shape index (κ1) is 46.1. The van der Waals surface area contributed by atoms with E-state index in [4.69, 9.17) is 13.8 Å². The van der Waals surface area contributed by atoms with Crippen molar-refractivity contribution in [1.29, 1.82) is 0 Å². The maximum atomic E-state index is 7.02. The van der Waals surface area contributed by atoms with E-state index < -0.39 is 0 Å². The Hall–Kier alpha value is -8.73. The fourth-order valence-corrected chi connectivity index (χ4v) is 11.8. The third-order valence-electron chi connectivity index (χ3n) is 16.1. The summed E-state index contributed by atoms with van der Waals surface area (Å²) in [4.78, 5) is 5.79. The molecule has 13 aromatic rings. The summed E-state index contributed by atoms with van der Waals surface area (Å²) < 4.78 is 16.2. The smallest absolute Gasteiger partial charge is 0.160 e. The van der Waals surface area contributed by atoms with Crippen LogP contribution in [0.15, 0.2) is 244 Å². The van der Waals surface area contributed by atoms with Crippen LogP contribution >= 0.6 is 0 Å². The molecular formula is C71H58N2O2. The van der Waals surface area contributed by atoms with Gasteiger partial charge >= 0.3 is 0 Å². The highest BCUT2D eigenvalue weighted by atomic mass is 16.3. The molecule has 13 rings (SSSR count). The molecule has 0 amide bonds. The van der Waals surface area contributed by atoms with Gasteiger partial charge in [0.25, 0.3) is 0 Å². The Kier molecular flexibility index (Phi) is 11.8. The van der Waals surface area contributed by atoms with Gasteiger partial charge in [-0.1, -0.05) is 210 Å². The Balaban J connectivity index is 0.939. The molecule has 0 aliphatic carbocycles. The summed E-state index contributed by atoms with van der Waals surface area (Å²) in [6, 6.07) is 83.2. The lowest BCUT2D eigenvalue weighted by atomic mass is 9.81. The lowest BCUT2D eigenvalue weighted by Gasteiger charge is -2.29. The van der Waals surface area contributed by atoms with Crippen LogP contribution in [-0.2, 0) is 6.42 Å². The highest BCUT2D eigenvalue weighted by molar-refractivity contribution is 6.18. The summed E-state index contributed by atoms with van der Waals surface area (Å²) in [5.74, 6) is 0.815. The number of aromatic nitrogens is 1. The molecule has 0 aliphatic heterocycles. The lowest BCUT2D eigenvalue weighted by molar-refractivity contribution is 0.328. The molecule has 4 unspecified atom stereocenters. The van der Waals surface area contributed by atoms with Crippen molar-refractivity contribution in [2.24, 2.45) is 22.7 Å². The maximum absolute atomic E-state index is 7.02. The zero-order valence-corrected chi connectivity index (χ0v) is 42.9. The number of benzene rings is 10. The monoisotopic (exact) mass is 970 g/mol. The van der Waals surface area contributed by atoms with Crippen LogP contribution in [0, 0.1) is 17.8 Å². The van der Waals surface area contributed by atoms with Gasteiger partial charge in [-0.15, -0.1) is 0 Å². The Labute approximate surface area is 438 Å². The van der Waals surface area contributed by atoms with Gasteiger partial charge in [0.2, 0.25) is 0 Å². The van der Waals surface area contributed by atoms with E-state index in [1.807, 2.05) is 0 Å². The van der Waals surface area contributed by atoms with E-state index in [1.165, 1.54) is 55.4 Å². The highest BCUT2D eigenvalue weighted by Crippen LogP contribution is 2.47. The second-order valence-corrected chi connectivity index (χ2v) is 20.7. The van der Waals surface area contributed by atoms with Gasteiger partial charge in [0, 0.05) is 43.6 Å². The first-order valence-electron chi connectivity index (χ1n) is 26.7. The van der Waals surface area contributed by atoms with Gasteiger partial charge in [-0.3, -0.25) is 4.99 Å². The van der Waals surface area contributed by atoms with E-state index in [2.05, 4.69) is 263 Å². The molecule has 0 N–H and O–H groups in total. The second-order valence-electron chi connectivity index (χ2n) is 20.7. The molecule has 0 radical (unpaired) electrons. The van der Waals surface area contributed by atoms with Gasteiger partial charge in [-0.25, -0.2) is 0 Å². The molecule has 3 aromatic heterocycles. The average Bonchev–Trinajstić information content (AvgIpc) is 4.16. The first-order valence-corrected chi connectivity index (χ1v) is 26.7. The largest absolute Gasteiger partial charge is 0.456 e. The molecule has 4 heteroatoms. The summed E-state index contributed by atoms with van der Waals surface area (Å²) >= 11 is 0. The predicted octanol–water partition coefficient (Wildman–Crippen LogP) is 19.7. The summed E-state index contributed by atoms with van der Waals surface area (Å²) in [7, 11) is 0. The average molecular weight is 971 g/mol. The van der Waals surface area contributed by atoms with Gasteiger partial charge < -0.3 is 13.4 Å². The number of furan rings is 2. The van der Waals surface area contributed by atoms with Gasteiger partial charge in [0.1, 0.15) is 16.7 Å². The van der Waals surface area contributed by atoms with Crippen LogP contribution in [0.2, 0.25) is 0 Å². The lowest BCUT2D eigenvalue weighted by Crippen LogP contribution is -2.22. The van der Waals surface area contributed by atoms with E-state index in [-0.39, 0.29) is 17.9 Å². The van der Waals surface area contributed by atoms with E-state index >= 15 is 0 Å². The van der Waals surface area contributed by atoms with Crippen molar-refractivity contribution in [3.8, 4) is 39.1 Å². The molecule has 0 fully saturated rings. The molecule has 3 heterocycles. The third kappa shape index (κ3) is 8.22. The number of para-hydroxylation sites is 2. The fourth-order valence-electron chi connectivity index (χ4n) is 11.8. The zero-order valence-electron chi connectivity index (χ0n) is 42.9. The molecule has 0 saturated heterocycles. The van der Waals surface area contributed by atoms with E-state index in [1.54, 1.807) is 0 Å². The Morgan fingerprint density at radius 3 is 1.85 bits per heavy atom. The molecule has 0 aliphatic rings. The Morgan fingerprint density at radius 2 is 1.09 bits per heavy atom. The van der Waals surface area contributed by atoms with Gasteiger partial charge in [0.15, 0.2) is 5.58 Å². The molecule has 4 nitrogen and oxygen atoms in total. The summed E-state index contributed by atoms with van der Waals surface area (Å²) in [6.07, 6.45) is 1.90. The van der Waals surface area contributed by atoms with Crippen molar-refractivity contribution in [3.63, 3.8) is 0 Å². The molecule has 10 aromatic carbocycles. The molecule has 0 bridgehead atoms. The number of hydrogen-bond donors (Lipinski definition) is 0. The van der Waals surface area contributed by atoms with Crippen LogP contribution in [0.1, 0.15) is 56.8 Å². The van der Waals surface area contributed by atoms with E-state index in [0.717, 1.165) is 84.6 Å². The van der Waals surface area contributed by atoms with Crippen LogP contribution in [0.5, 0.6) is 0 Å². The zero-order chi connectivity index (χ0) is 50.6. The predicted molar refractivity (Wildman–Crippen MR) is 315 cm³/mol. The number of aliphatic imine (C=N–C) groups is 1. The highest BCUT2D eigenvalue weighted by Gasteiger charge is 2.28. The summed E-state index contributed by atoms with van der Waals surface area (Å²) in [5.41, 5.74) is 18.6. The van der Waals surface area contributed by atoms with Crippen molar-refractivity contribution in [3.05, 3.63) is 247 Å². The van der Waals surface area contributed by atoms with Crippen molar-refractivity contribution in [2.75, 3.05) is 0 Å². The second kappa shape index (κ2) is 19.3. The third-order valence-corrected chi connectivity index (χ3v) is 16.1. The quantitative estimate of drug-likeness (QED) is 0.108. The first-order chi connectivity index (χ1) is 36.9. The van der Waals surface area contributed by atoms with Crippen molar-refractivity contribution in [1.82, 2.24) is 4.57 Å². The van der Waals surface area contributed by atoms with Gasteiger partial charge in [0.05, 0.1) is 22.8 Å². The Morgan fingerprint density at radius 1 is 0.467 bits per heavy atom. The van der Waals surface area contributed by atoms with Crippen molar-refractivity contribution >= 4 is 71.4 Å².